The number of nitrogens with one attached hydrogen (secondary N) is 2. The minimum Gasteiger partial charge on any atom is -0.480 e. The standard InChI is InChI=1S/C27H32N2O5S/c1-35-14-13-24(26(31)32)28-25(30)15-17-7-6-12-23(17)29-27(33)34-16-22-20-10-4-2-8-18(20)19-9-3-5-11-21(19)22/h2-5,8-11,17,22-24H,6-7,12-16H2,1H3,(H,28,30)(H,29,33)(H,31,32)/t17-,23+,24-/m0/s1. The summed E-state index contributed by atoms with van der Waals surface area (Å²) >= 11 is 1.54. The maximum Gasteiger partial charge on any atom is 0.407 e. The Morgan fingerprint density at radius 2 is 1.71 bits per heavy atom. The van der Waals surface area contributed by atoms with E-state index in [9.17, 15) is 19.5 Å². The fraction of sp³-hybridized carbons (Fsp3) is 0.444. The van der Waals surface area contributed by atoms with Crippen molar-refractivity contribution in [2.75, 3.05) is 18.6 Å². The van der Waals surface area contributed by atoms with Gasteiger partial charge in [0.2, 0.25) is 5.91 Å². The van der Waals surface area contributed by atoms with Gasteiger partial charge in [-0.2, -0.15) is 11.8 Å². The van der Waals surface area contributed by atoms with Crippen molar-refractivity contribution in [2.24, 2.45) is 5.92 Å². The van der Waals surface area contributed by atoms with E-state index >= 15 is 0 Å². The zero-order valence-corrected chi connectivity index (χ0v) is 20.7. The van der Waals surface area contributed by atoms with Crippen molar-refractivity contribution < 1.29 is 24.2 Å². The van der Waals surface area contributed by atoms with Crippen molar-refractivity contribution in [2.45, 2.75) is 50.1 Å². The number of hydrogen-bond acceptors (Lipinski definition) is 5. The lowest BCUT2D eigenvalue weighted by Gasteiger charge is -2.22. The number of carbonyl (C=O) groups excluding carboxylic acids is 2. The van der Waals surface area contributed by atoms with Crippen molar-refractivity contribution in [1.29, 1.82) is 0 Å². The Hall–Kier alpha value is -3.00. The molecule has 0 spiro atoms. The van der Waals surface area contributed by atoms with Gasteiger partial charge in [0.15, 0.2) is 0 Å². The zero-order valence-electron chi connectivity index (χ0n) is 19.9. The first-order valence-corrected chi connectivity index (χ1v) is 13.5. The molecule has 2 aromatic carbocycles. The number of rotatable bonds is 10. The monoisotopic (exact) mass is 496 g/mol. The van der Waals surface area contributed by atoms with Crippen molar-refractivity contribution in [3.63, 3.8) is 0 Å². The Morgan fingerprint density at radius 3 is 2.34 bits per heavy atom. The van der Waals surface area contributed by atoms with Crippen LogP contribution >= 0.6 is 11.8 Å². The lowest BCUT2D eigenvalue weighted by molar-refractivity contribution is -0.142. The van der Waals surface area contributed by atoms with Gasteiger partial charge >= 0.3 is 12.1 Å². The molecule has 7 nitrogen and oxygen atoms in total. The quantitative estimate of drug-likeness (QED) is 0.450. The number of amides is 2. The van der Waals surface area contributed by atoms with Crippen LogP contribution in [-0.2, 0) is 14.3 Å². The molecular formula is C27H32N2O5S. The third-order valence-electron chi connectivity index (χ3n) is 7.00. The molecule has 186 valence electrons. The van der Waals surface area contributed by atoms with E-state index in [-0.39, 0.29) is 36.8 Å². The van der Waals surface area contributed by atoms with Crippen LogP contribution in [-0.4, -0.2) is 53.8 Å². The molecule has 1 saturated carbocycles. The van der Waals surface area contributed by atoms with Gasteiger partial charge in [0.1, 0.15) is 12.6 Å². The normalized spacial score (nSPS) is 19.5. The van der Waals surface area contributed by atoms with Gasteiger partial charge in [0.25, 0.3) is 0 Å². The number of carboxylic acids is 1. The second kappa shape index (κ2) is 11.6. The molecule has 0 heterocycles. The van der Waals surface area contributed by atoms with Gasteiger partial charge in [-0.15, -0.1) is 0 Å². The molecule has 35 heavy (non-hydrogen) atoms. The number of carboxylic acid groups (broad SMARTS) is 1. The van der Waals surface area contributed by atoms with Crippen LogP contribution < -0.4 is 10.6 Å². The number of benzene rings is 2. The Balaban J connectivity index is 1.30. The van der Waals surface area contributed by atoms with Crippen LogP contribution in [0.15, 0.2) is 48.5 Å². The van der Waals surface area contributed by atoms with Gasteiger partial charge in [0.05, 0.1) is 0 Å². The minimum atomic E-state index is -1.02. The van der Waals surface area contributed by atoms with Crippen LogP contribution in [0.4, 0.5) is 4.79 Å². The Kier molecular flexibility index (Phi) is 8.33. The van der Waals surface area contributed by atoms with Gasteiger partial charge in [-0.3, -0.25) is 4.79 Å². The van der Waals surface area contributed by atoms with Crippen LogP contribution in [0.5, 0.6) is 0 Å². The van der Waals surface area contributed by atoms with Gasteiger partial charge in [-0.05, 0) is 59.4 Å². The van der Waals surface area contributed by atoms with E-state index in [4.69, 9.17) is 4.74 Å². The highest BCUT2D eigenvalue weighted by Gasteiger charge is 2.33. The lowest BCUT2D eigenvalue weighted by atomic mass is 9.98. The highest BCUT2D eigenvalue weighted by molar-refractivity contribution is 7.98. The summed E-state index contributed by atoms with van der Waals surface area (Å²) in [4.78, 5) is 36.6. The summed E-state index contributed by atoms with van der Waals surface area (Å²) in [7, 11) is 0. The zero-order chi connectivity index (χ0) is 24.8. The number of carbonyl (C=O) groups is 3. The first-order valence-electron chi connectivity index (χ1n) is 12.1. The van der Waals surface area contributed by atoms with Crippen LogP contribution in [0.25, 0.3) is 11.1 Å². The molecule has 2 aliphatic carbocycles. The van der Waals surface area contributed by atoms with E-state index in [2.05, 4.69) is 34.9 Å². The van der Waals surface area contributed by atoms with Gasteiger partial charge in [-0.25, -0.2) is 9.59 Å². The molecule has 0 radical (unpaired) electrons. The molecular weight excluding hydrogens is 464 g/mol. The summed E-state index contributed by atoms with van der Waals surface area (Å²) in [6, 6.07) is 15.3. The minimum absolute atomic E-state index is 0.00691. The van der Waals surface area contributed by atoms with Crippen LogP contribution in [0, 0.1) is 5.92 Å². The summed E-state index contributed by atoms with van der Waals surface area (Å²) in [6.45, 7) is 0.244. The molecule has 0 bridgehead atoms. The summed E-state index contributed by atoms with van der Waals surface area (Å²) < 4.78 is 5.66. The predicted octanol–water partition coefficient (Wildman–Crippen LogP) is 4.41. The molecule has 3 N–H and O–H groups in total. The SMILES string of the molecule is CSCC[C@H](NC(=O)C[C@@H]1CCC[C@H]1NC(=O)OCC1c2ccccc2-c2ccccc21)C(=O)O. The Morgan fingerprint density at radius 1 is 1.06 bits per heavy atom. The maximum atomic E-state index is 12.7. The number of thioether (sulfide) groups is 1. The number of hydrogen-bond donors (Lipinski definition) is 3. The first-order chi connectivity index (χ1) is 17.0. The van der Waals surface area contributed by atoms with Crippen molar-refractivity contribution >= 4 is 29.7 Å². The van der Waals surface area contributed by atoms with Crippen LogP contribution in [0.1, 0.15) is 49.1 Å². The second-order valence-corrected chi connectivity index (χ2v) is 10.2. The molecule has 8 heteroatoms. The summed E-state index contributed by atoms with van der Waals surface area (Å²) in [5.41, 5.74) is 4.67. The maximum absolute atomic E-state index is 12.7. The largest absolute Gasteiger partial charge is 0.480 e. The highest BCUT2D eigenvalue weighted by atomic mass is 32.2. The van der Waals surface area contributed by atoms with Gasteiger partial charge in [0, 0.05) is 18.4 Å². The van der Waals surface area contributed by atoms with Crippen LogP contribution in [0.3, 0.4) is 0 Å². The number of ether oxygens (including phenoxy) is 1. The van der Waals surface area contributed by atoms with Crippen molar-refractivity contribution in [3.05, 3.63) is 59.7 Å². The van der Waals surface area contributed by atoms with E-state index < -0.39 is 18.1 Å². The average molecular weight is 497 g/mol. The fourth-order valence-corrected chi connectivity index (χ4v) is 5.72. The van der Waals surface area contributed by atoms with E-state index in [0.29, 0.717) is 12.2 Å². The van der Waals surface area contributed by atoms with Crippen LogP contribution in [0.2, 0.25) is 0 Å². The Labute approximate surface area is 210 Å². The Bertz CT molecular complexity index is 1030. The van der Waals surface area contributed by atoms with E-state index in [1.165, 1.54) is 11.1 Å². The number of aliphatic carboxylic acids is 1. The third kappa shape index (κ3) is 5.99. The van der Waals surface area contributed by atoms with E-state index in [1.54, 1.807) is 11.8 Å². The third-order valence-corrected chi connectivity index (χ3v) is 7.64. The molecule has 2 amide bonds. The summed E-state index contributed by atoms with van der Waals surface area (Å²) in [5.74, 6) is -0.693. The molecule has 4 rings (SSSR count). The molecule has 0 saturated heterocycles. The average Bonchev–Trinajstić information content (AvgIpc) is 3.42. The topological polar surface area (TPSA) is 105 Å². The molecule has 0 unspecified atom stereocenters. The number of fused-ring (bicyclic) bond motifs is 3. The van der Waals surface area contributed by atoms with Gasteiger partial charge in [-0.1, -0.05) is 55.0 Å². The summed E-state index contributed by atoms with van der Waals surface area (Å²) in [5, 5.41) is 14.9. The fourth-order valence-electron chi connectivity index (χ4n) is 5.25. The molecule has 2 aliphatic rings. The highest BCUT2D eigenvalue weighted by Crippen LogP contribution is 2.44. The predicted molar refractivity (Wildman–Crippen MR) is 137 cm³/mol. The molecule has 2 aromatic rings. The van der Waals surface area contributed by atoms with E-state index in [0.717, 1.165) is 30.4 Å². The molecule has 3 atom stereocenters. The molecule has 0 aliphatic heterocycles. The first kappa shape index (κ1) is 25.1. The summed E-state index contributed by atoms with van der Waals surface area (Å²) in [6.07, 6.45) is 4.49. The number of alkyl carbamates (subject to hydrolysis) is 1. The van der Waals surface area contributed by atoms with E-state index in [1.807, 2.05) is 30.5 Å². The lowest BCUT2D eigenvalue weighted by Crippen LogP contribution is -2.44. The smallest absolute Gasteiger partial charge is 0.407 e. The van der Waals surface area contributed by atoms with Gasteiger partial charge < -0.3 is 20.5 Å². The van der Waals surface area contributed by atoms with Crippen molar-refractivity contribution in [1.82, 2.24) is 10.6 Å². The molecule has 1 fully saturated rings. The molecule has 0 aromatic heterocycles. The van der Waals surface area contributed by atoms with Crippen molar-refractivity contribution in [3.8, 4) is 11.1 Å². The second-order valence-electron chi connectivity index (χ2n) is 9.21.